The number of carbonyl (C=O) groups excluding carboxylic acids is 1. The van der Waals surface area contributed by atoms with Gasteiger partial charge in [0.2, 0.25) is 5.91 Å². The number of amides is 1. The Balaban J connectivity index is 1.71. The summed E-state index contributed by atoms with van der Waals surface area (Å²) in [7, 11) is 0. The van der Waals surface area contributed by atoms with Crippen LogP contribution < -0.4 is 5.32 Å². The summed E-state index contributed by atoms with van der Waals surface area (Å²) < 4.78 is 5.42. The fraction of sp³-hybridized carbons (Fsp3) is 0.625. The molecule has 0 bridgehead atoms. The Kier molecular flexibility index (Phi) is 3.74. The zero-order valence-corrected chi connectivity index (χ0v) is 12.2. The average molecular weight is 291 g/mol. The minimum atomic E-state index is -0.854. The number of furan rings is 1. The first-order valence-corrected chi connectivity index (χ1v) is 7.65. The van der Waals surface area contributed by atoms with Crippen molar-refractivity contribution in [1.82, 2.24) is 5.32 Å². The van der Waals surface area contributed by atoms with Gasteiger partial charge < -0.3 is 14.8 Å². The minimum absolute atomic E-state index is 0.0367. The van der Waals surface area contributed by atoms with Crippen molar-refractivity contribution in [3.63, 3.8) is 0 Å². The van der Waals surface area contributed by atoms with Gasteiger partial charge in [-0.15, -0.1) is 0 Å². The molecule has 0 aliphatic heterocycles. The van der Waals surface area contributed by atoms with E-state index in [4.69, 9.17) is 4.42 Å². The molecule has 3 rings (SSSR count). The molecule has 1 amide bonds. The standard InChI is InChI=1S/C16H21NO4/c1-9-7-11(12(8-9)16(19)20)15(18)17-13-3-2-4-14-10(13)5-6-21-14/h5-6,9,11-13H,2-4,7-8H2,1H3,(H,17,18)(H,19,20)/t9?,11-,12+,13?/m0/s1. The van der Waals surface area contributed by atoms with Crippen molar-refractivity contribution in [1.29, 1.82) is 0 Å². The smallest absolute Gasteiger partial charge is 0.307 e. The number of carboxylic acids is 1. The molecule has 5 heteroatoms. The Labute approximate surface area is 123 Å². The van der Waals surface area contributed by atoms with E-state index in [1.165, 1.54) is 0 Å². The predicted molar refractivity (Wildman–Crippen MR) is 75.5 cm³/mol. The van der Waals surface area contributed by atoms with E-state index in [1.807, 2.05) is 13.0 Å². The lowest BCUT2D eigenvalue weighted by Crippen LogP contribution is -2.38. The van der Waals surface area contributed by atoms with E-state index in [-0.39, 0.29) is 17.9 Å². The van der Waals surface area contributed by atoms with E-state index in [0.29, 0.717) is 12.8 Å². The second kappa shape index (κ2) is 5.54. The molecule has 1 aromatic rings. The van der Waals surface area contributed by atoms with E-state index in [1.54, 1.807) is 6.26 Å². The van der Waals surface area contributed by atoms with Crippen molar-refractivity contribution in [2.24, 2.45) is 17.8 Å². The number of carboxylic acid groups (broad SMARTS) is 1. The lowest BCUT2D eigenvalue weighted by molar-refractivity contribution is -0.146. The van der Waals surface area contributed by atoms with Crippen LogP contribution in [-0.2, 0) is 16.0 Å². The molecular weight excluding hydrogens is 270 g/mol. The summed E-state index contributed by atoms with van der Waals surface area (Å²) in [5.41, 5.74) is 1.05. The van der Waals surface area contributed by atoms with E-state index < -0.39 is 17.8 Å². The molecule has 1 aromatic heterocycles. The van der Waals surface area contributed by atoms with Crippen LogP contribution in [0.5, 0.6) is 0 Å². The third-order valence-corrected chi connectivity index (χ3v) is 4.82. The Hall–Kier alpha value is -1.78. The quantitative estimate of drug-likeness (QED) is 0.896. The largest absolute Gasteiger partial charge is 0.481 e. The van der Waals surface area contributed by atoms with Crippen LogP contribution in [0.3, 0.4) is 0 Å². The molecule has 1 fully saturated rings. The van der Waals surface area contributed by atoms with Crippen molar-refractivity contribution in [3.8, 4) is 0 Å². The molecule has 21 heavy (non-hydrogen) atoms. The molecule has 4 atom stereocenters. The lowest BCUT2D eigenvalue weighted by Gasteiger charge is -2.25. The zero-order chi connectivity index (χ0) is 15.0. The molecule has 2 aliphatic carbocycles. The van der Waals surface area contributed by atoms with Crippen molar-refractivity contribution >= 4 is 11.9 Å². The van der Waals surface area contributed by atoms with Crippen LogP contribution in [0.1, 0.15) is 50.0 Å². The van der Waals surface area contributed by atoms with Crippen LogP contribution in [-0.4, -0.2) is 17.0 Å². The summed E-state index contributed by atoms with van der Waals surface area (Å²) in [6, 6.07) is 1.87. The second-order valence-electron chi connectivity index (χ2n) is 6.38. The predicted octanol–water partition coefficient (Wildman–Crippen LogP) is 2.52. The van der Waals surface area contributed by atoms with Gasteiger partial charge in [0.05, 0.1) is 24.1 Å². The summed E-state index contributed by atoms with van der Waals surface area (Å²) in [5, 5.41) is 12.3. The Morgan fingerprint density at radius 2 is 2.10 bits per heavy atom. The molecule has 2 N–H and O–H groups in total. The van der Waals surface area contributed by atoms with Gasteiger partial charge in [0, 0.05) is 12.0 Å². The molecule has 5 nitrogen and oxygen atoms in total. The van der Waals surface area contributed by atoms with Gasteiger partial charge in [-0.05, 0) is 37.7 Å². The molecular formula is C16H21NO4. The summed E-state index contributed by atoms with van der Waals surface area (Å²) in [5.74, 6) is -0.695. The molecule has 1 heterocycles. The summed E-state index contributed by atoms with van der Waals surface area (Å²) >= 11 is 0. The fourth-order valence-corrected chi connectivity index (χ4v) is 3.77. The second-order valence-corrected chi connectivity index (χ2v) is 6.38. The van der Waals surface area contributed by atoms with Gasteiger partial charge in [0.15, 0.2) is 0 Å². The lowest BCUT2D eigenvalue weighted by atomic mass is 9.91. The van der Waals surface area contributed by atoms with Crippen molar-refractivity contribution in [3.05, 3.63) is 23.7 Å². The first kappa shape index (κ1) is 14.2. The molecule has 114 valence electrons. The summed E-state index contributed by atoms with van der Waals surface area (Å²) in [6.07, 6.45) is 5.69. The molecule has 2 unspecified atom stereocenters. The summed E-state index contributed by atoms with van der Waals surface area (Å²) in [6.45, 7) is 2.01. The first-order chi connectivity index (χ1) is 10.1. The number of hydrogen-bond acceptors (Lipinski definition) is 3. The van der Waals surface area contributed by atoms with Gasteiger partial charge in [0.25, 0.3) is 0 Å². The van der Waals surface area contributed by atoms with Crippen molar-refractivity contribution < 1.29 is 19.1 Å². The van der Waals surface area contributed by atoms with Crippen molar-refractivity contribution in [2.45, 2.75) is 45.1 Å². The van der Waals surface area contributed by atoms with Crippen LogP contribution in [0.25, 0.3) is 0 Å². The monoisotopic (exact) mass is 291 g/mol. The average Bonchev–Trinajstić information content (AvgIpc) is 3.05. The van der Waals surface area contributed by atoms with Crippen LogP contribution >= 0.6 is 0 Å². The van der Waals surface area contributed by atoms with Crippen LogP contribution in [0.15, 0.2) is 16.7 Å². The highest BCUT2D eigenvalue weighted by Gasteiger charge is 2.42. The molecule has 0 radical (unpaired) electrons. The van der Waals surface area contributed by atoms with Gasteiger partial charge in [-0.1, -0.05) is 6.92 Å². The van der Waals surface area contributed by atoms with Gasteiger partial charge in [-0.25, -0.2) is 0 Å². The third kappa shape index (κ3) is 2.69. The van der Waals surface area contributed by atoms with E-state index >= 15 is 0 Å². The Morgan fingerprint density at radius 1 is 1.33 bits per heavy atom. The van der Waals surface area contributed by atoms with Gasteiger partial charge in [0.1, 0.15) is 5.76 Å². The van der Waals surface area contributed by atoms with E-state index in [9.17, 15) is 14.7 Å². The number of carbonyl (C=O) groups is 2. The van der Waals surface area contributed by atoms with E-state index in [2.05, 4.69) is 5.32 Å². The van der Waals surface area contributed by atoms with Crippen LogP contribution in [0.4, 0.5) is 0 Å². The minimum Gasteiger partial charge on any atom is -0.481 e. The number of hydrogen-bond donors (Lipinski definition) is 2. The summed E-state index contributed by atoms with van der Waals surface area (Å²) in [4.78, 5) is 23.8. The number of rotatable bonds is 3. The maximum Gasteiger partial charge on any atom is 0.307 e. The van der Waals surface area contributed by atoms with Gasteiger partial charge in [-0.2, -0.15) is 0 Å². The van der Waals surface area contributed by atoms with Crippen LogP contribution in [0, 0.1) is 17.8 Å². The molecule has 1 saturated carbocycles. The molecule has 2 aliphatic rings. The zero-order valence-electron chi connectivity index (χ0n) is 12.2. The highest BCUT2D eigenvalue weighted by Crippen LogP contribution is 2.38. The first-order valence-electron chi connectivity index (χ1n) is 7.65. The normalized spacial score (nSPS) is 31.7. The number of nitrogens with one attached hydrogen (secondary N) is 1. The fourth-order valence-electron chi connectivity index (χ4n) is 3.77. The highest BCUT2D eigenvalue weighted by atomic mass is 16.4. The maximum absolute atomic E-state index is 12.5. The van der Waals surface area contributed by atoms with Gasteiger partial charge in [-0.3, -0.25) is 9.59 Å². The molecule has 0 aromatic carbocycles. The number of aryl methyl sites for hydroxylation is 1. The topological polar surface area (TPSA) is 79.5 Å². The SMILES string of the molecule is CC1C[C@H](C(=O)NC2CCCc3occc32)[C@H](C(=O)O)C1. The third-order valence-electron chi connectivity index (χ3n) is 4.82. The number of fused-ring (bicyclic) bond motifs is 1. The van der Waals surface area contributed by atoms with E-state index in [0.717, 1.165) is 30.6 Å². The van der Waals surface area contributed by atoms with Crippen LogP contribution in [0.2, 0.25) is 0 Å². The molecule has 0 saturated heterocycles. The maximum atomic E-state index is 12.5. The molecule has 0 spiro atoms. The highest BCUT2D eigenvalue weighted by molar-refractivity contribution is 5.85. The van der Waals surface area contributed by atoms with Crippen molar-refractivity contribution in [2.75, 3.05) is 0 Å². The Bertz CT molecular complexity index is 550. The number of aliphatic carboxylic acids is 1. The van der Waals surface area contributed by atoms with Gasteiger partial charge >= 0.3 is 5.97 Å². The Morgan fingerprint density at radius 3 is 2.86 bits per heavy atom.